The van der Waals surface area contributed by atoms with Crippen LogP contribution in [0.5, 0.6) is 5.75 Å². The Balaban J connectivity index is 1.93. The maximum absolute atomic E-state index is 13.0. The first-order valence-electron chi connectivity index (χ1n) is 9.57. The molecule has 1 aliphatic rings. The highest BCUT2D eigenvalue weighted by molar-refractivity contribution is 6.46. The second-order valence-corrected chi connectivity index (χ2v) is 7.10. The molecule has 1 atom stereocenters. The number of aromatic hydroxyl groups is 1. The van der Waals surface area contributed by atoms with Crippen molar-refractivity contribution in [2.75, 3.05) is 20.3 Å². The predicted molar refractivity (Wildman–Crippen MR) is 113 cm³/mol. The normalized spacial score (nSPS) is 18.3. The first-order valence-corrected chi connectivity index (χ1v) is 9.57. The Morgan fingerprint density at radius 3 is 2.43 bits per heavy atom. The van der Waals surface area contributed by atoms with E-state index < -0.39 is 17.7 Å². The Morgan fingerprint density at radius 2 is 1.70 bits per heavy atom. The van der Waals surface area contributed by atoms with Crippen LogP contribution in [0.1, 0.15) is 17.2 Å². The summed E-state index contributed by atoms with van der Waals surface area (Å²) in [7, 11) is 1.52. The number of aliphatic hydroxyl groups is 1. The fourth-order valence-corrected chi connectivity index (χ4v) is 3.88. The Kier molecular flexibility index (Phi) is 5.25. The molecule has 0 spiro atoms. The maximum atomic E-state index is 13.0. The monoisotopic (exact) mass is 403 g/mol. The van der Waals surface area contributed by atoms with Crippen LogP contribution in [0.15, 0.2) is 72.3 Å². The Labute approximate surface area is 173 Å². The molecule has 30 heavy (non-hydrogen) atoms. The van der Waals surface area contributed by atoms with Gasteiger partial charge in [0.2, 0.25) is 0 Å². The summed E-state index contributed by atoms with van der Waals surface area (Å²) in [6, 6.07) is 18.5. The molecule has 152 valence electrons. The fourth-order valence-electron chi connectivity index (χ4n) is 3.88. The molecule has 1 aliphatic heterocycles. The van der Waals surface area contributed by atoms with Gasteiger partial charge in [-0.05, 0) is 28.5 Å². The van der Waals surface area contributed by atoms with Crippen molar-refractivity contribution >= 4 is 28.2 Å². The van der Waals surface area contributed by atoms with Crippen molar-refractivity contribution < 1.29 is 24.5 Å². The first-order chi connectivity index (χ1) is 14.5. The number of fused-ring (bicyclic) bond motifs is 1. The van der Waals surface area contributed by atoms with Gasteiger partial charge >= 0.3 is 0 Å². The van der Waals surface area contributed by atoms with Gasteiger partial charge in [-0.15, -0.1) is 0 Å². The quantitative estimate of drug-likeness (QED) is 0.386. The number of Topliss-reactive ketones (excluding diaryl/α,β-unsaturated/α-hetero) is 1. The standard InChI is InChI=1S/C24H21NO5/c1-30-14-13-25-21(16-9-11-17(26)12-10-16)20(23(28)24(25)29)22(27)19-8-4-6-15-5-2-3-7-18(15)19/h2-12,21,26-27H,13-14H2,1H3/b22-20-. The number of ketones is 1. The topological polar surface area (TPSA) is 87.1 Å². The van der Waals surface area contributed by atoms with Crippen LogP contribution in [-0.2, 0) is 14.3 Å². The van der Waals surface area contributed by atoms with Gasteiger partial charge in [-0.2, -0.15) is 0 Å². The molecule has 4 rings (SSSR count). The zero-order valence-corrected chi connectivity index (χ0v) is 16.4. The lowest BCUT2D eigenvalue weighted by atomic mass is 9.93. The number of benzene rings is 3. The van der Waals surface area contributed by atoms with E-state index in [0.717, 1.165) is 10.8 Å². The predicted octanol–water partition coefficient (Wildman–Crippen LogP) is 3.61. The molecule has 1 unspecified atom stereocenters. The summed E-state index contributed by atoms with van der Waals surface area (Å²) in [5.74, 6) is -1.58. The number of aliphatic hydroxyl groups excluding tert-OH is 1. The molecule has 6 nitrogen and oxygen atoms in total. The lowest BCUT2D eigenvalue weighted by molar-refractivity contribution is -0.140. The van der Waals surface area contributed by atoms with Gasteiger partial charge in [0, 0.05) is 19.2 Å². The second-order valence-electron chi connectivity index (χ2n) is 7.10. The molecule has 0 aromatic heterocycles. The summed E-state index contributed by atoms with van der Waals surface area (Å²) >= 11 is 0. The fraction of sp³-hybridized carbons (Fsp3) is 0.167. The molecule has 1 amide bonds. The molecule has 6 heteroatoms. The number of carbonyl (C=O) groups is 2. The molecule has 1 saturated heterocycles. The third-order valence-corrected chi connectivity index (χ3v) is 5.33. The van der Waals surface area contributed by atoms with E-state index in [2.05, 4.69) is 0 Å². The third kappa shape index (κ3) is 3.31. The van der Waals surface area contributed by atoms with Gasteiger partial charge in [-0.3, -0.25) is 9.59 Å². The van der Waals surface area contributed by atoms with E-state index >= 15 is 0 Å². The molecule has 0 aliphatic carbocycles. The minimum atomic E-state index is -0.778. The van der Waals surface area contributed by atoms with Crippen LogP contribution in [-0.4, -0.2) is 47.1 Å². The number of methoxy groups -OCH3 is 1. The second kappa shape index (κ2) is 8.00. The highest BCUT2D eigenvalue weighted by Gasteiger charge is 2.45. The van der Waals surface area contributed by atoms with E-state index in [1.54, 1.807) is 24.3 Å². The van der Waals surface area contributed by atoms with Crippen LogP contribution >= 0.6 is 0 Å². The van der Waals surface area contributed by atoms with Gasteiger partial charge in [0.1, 0.15) is 11.5 Å². The highest BCUT2D eigenvalue weighted by Crippen LogP contribution is 2.40. The van der Waals surface area contributed by atoms with Crippen molar-refractivity contribution in [2.24, 2.45) is 0 Å². The highest BCUT2D eigenvalue weighted by atomic mass is 16.5. The number of rotatable bonds is 5. The van der Waals surface area contributed by atoms with Gasteiger partial charge in [0.05, 0.1) is 18.2 Å². The summed E-state index contributed by atoms with van der Waals surface area (Å²) in [4.78, 5) is 27.2. The van der Waals surface area contributed by atoms with Gasteiger partial charge < -0.3 is 19.8 Å². The number of phenolic OH excluding ortho intramolecular Hbond substituents is 1. The zero-order valence-electron chi connectivity index (χ0n) is 16.4. The van der Waals surface area contributed by atoms with Crippen LogP contribution in [0.25, 0.3) is 16.5 Å². The van der Waals surface area contributed by atoms with Crippen LogP contribution in [0, 0.1) is 0 Å². The van der Waals surface area contributed by atoms with E-state index in [9.17, 15) is 19.8 Å². The smallest absolute Gasteiger partial charge is 0.295 e. The van der Waals surface area contributed by atoms with Crippen LogP contribution < -0.4 is 0 Å². The summed E-state index contributed by atoms with van der Waals surface area (Å²) in [5, 5.41) is 22.6. The molecule has 2 N–H and O–H groups in total. The summed E-state index contributed by atoms with van der Waals surface area (Å²) in [6.07, 6.45) is 0. The van der Waals surface area contributed by atoms with Crippen LogP contribution in [0.3, 0.4) is 0 Å². The zero-order chi connectivity index (χ0) is 21.3. The van der Waals surface area contributed by atoms with Crippen molar-refractivity contribution in [1.29, 1.82) is 0 Å². The van der Waals surface area contributed by atoms with E-state index in [4.69, 9.17) is 4.74 Å². The number of amides is 1. The molecule has 1 fully saturated rings. The van der Waals surface area contributed by atoms with Gasteiger partial charge in [-0.25, -0.2) is 0 Å². The van der Waals surface area contributed by atoms with Crippen molar-refractivity contribution in [3.63, 3.8) is 0 Å². The molecule has 0 radical (unpaired) electrons. The van der Waals surface area contributed by atoms with E-state index in [-0.39, 0.29) is 30.2 Å². The SMILES string of the molecule is COCCN1C(=O)C(=O)/C(=C(\O)c2cccc3ccccc23)C1c1ccc(O)cc1. The van der Waals surface area contributed by atoms with Crippen molar-refractivity contribution in [3.05, 3.63) is 83.4 Å². The van der Waals surface area contributed by atoms with Gasteiger partial charge in [0.25, 0.3) is 11.7 Å². The van der Waals surface area contributed by atoms with E-state index in [1.165, 1.54) is 24.1 Å². The molecular formula is C24H21NO5. The van der Waals surface area contributed by atoms with Crippen molar-refractivity contribution in [1.82, 2.24) is 4.90 Å². The number of carbonyl (C=O) groups excluding carboxylic acids is 2. The number of nitrogens with zero attached hydrogens (tertiary/aromatic N) is 1. The van der Waals surface area contributed by atoms with Gasteiger partial charge in [0.15, 0.2) is 0 Å². The number of hydrogen-bond donors (Lipinski definition) is 2. The van der Waals surface area contributed by atoms with E-state index in [1.807, 2.05) is 30.3 Å². The number of likely N-dealkylation sites (tertiary alicyclic amines) is 1. The van der Waals surface area contributed by atoms with Crippen molar-refractivity contribution in [2.45, 2.75) is 6.04 Å². The number of phenols is 1. The van der Waals surface area contributed by atoms with E-state index in [0.29, 0.717) is 11.1 Å². The molecule has 1 heterocycles. The van der Waals surface area contributed by atoms with Gasteiger partial charge in [-0.1, -0.05) is 54.6 Å². The average molecular weight is 403 g/mol. The Morgan fingerprint density at radius 1 is 1.00 bits per heavy atom. The molecule has 3 aromatic carbocycles. The molecule has 0 saturated carbocycles. The first kappa shape index (κ1) is 19.7. The summed E-state index contributed by atoms with van der Waals surface area (Å²) in [5.41, 5.74) is 1.13. The molecule has 0 bridgehead atoms. The third-order valence-electron chi connectivity index (χ3n) is 5.33. The Bertz CT molecular complexity index is 1140. The minimum absolute atomic E-state index is 0.0261. The van der Waals surface area contributed by atoms with Crippen LogP contribution in [0.2, 0.25) is 0 Å². The molecule has 3 aromatic rings. The number of hydrogen-bond acceptors (Lipinski definition) is 5. The lowest BCUT2D eigenvalue weighted by Crippen LogP contribution is -2.32. The van der Waals surface area contributed by atoms with Crippen LogP contribution in [0.4, 0.5) is 0 Å². The summed E-state index contributed by atoms with van der Waals surface area (Å²) in [6.45, 7) is 0.439. The molecular weight excluding hydrogens is 382 g/mol. The maximum Gasteiger partial charge on any atom is 0.295 e. The lowest BCUT2D eigenvalue weighted by Gasteiger charge is -2.25. The summed E-state index contributed by atoms with van der Waals surface area (Å²) < 4.78 is 5.10. The minimum Gasteiger partial charge on any atom is -0.508 e. The number of ether oxygens (including phenoxy) is 1. The average Bonchev–Trinajstić information content (AvgIpc) is 3.02. The largest absolute Gasteiger partial charge is 0.508 e. The van der Waals surface area contributed by atoms with Crippen molar-refractivity contribution in [3.8, 4) is 5.75 Å². The Hall–Kier alpha value is -3.64.